The lowest BCUT2D eigenvalue weighted by Gasteiger charge is -2.15. The molecule has 1 amide bonds. The van der Waals surface area contributed by atoms with E-state index in [9.17, 15) is 4.79 Å². The summed E-state index contributed by atoms with van der Waals surface area (Å²) < 4.78 is 10.5. The summed E-state index contributed by atoms with van der Waals surface area (Å²) in [5, 5.41) is 8.82. The molecule has 0 N–H and O–H groups in total. The van der Waals surface area contributed by atoms with Crippen LogP contribution in [0.3, 0.4) is 0 Å². The zero-order valence-electron chi connectivity index (χ0n) is 15.7. The number of aryl methyl sites for hydroxylation is 1. The molecule has 2 aromatic carbocycles. The van der Waals surface area contributed by atoms with Crippen molar-refractivity contribution in [1.29, 1.82) is 0 Å². The van der Waals surface area contributed by atoms with Crippen molar-refractivity contribution >= 4 is 34.7 Å². The van der Waals surface area contributed by atoms with Gasteiger partial charge in [0, 0.05) is 11.6 Å². The van der Waals surface area contributed by atoms with E-state index < -0.39 is 0 Å². The molecular weight excluding hydrogens is 362 g/mol. The minimum absolute atomic E-state index is 0.000156. The van der Waals surface area contributed by atoms with Crippen LogP contribution in [-0.4, -0.2) is 36.8 Å². The predicted molar refractivity (Wildman–Crippen MR) is 110 cm³/mol. The summed E-state index contributed by atoms with van der Waals surface area (Å²) in [4.78, 5) is 14.2. The first-order valence-corrected chi connectivity index (χ1v) is 9.32. The number of amidine groups is 1. The number of carbonyl (C=O) groups is 1. The van der Waals surface area contributed by atoms with E-state index in [0.29, 0.717) is 16.7 Å². The summed E-state index contributed by atoms with van der Waals surface area (Å²) in [6, 6.07) is 13.2. The molecule has 1 heterocycles. The summed E-state index contributed by atoms with van der Waals surface area (Å²) in [6.45, 7) is 3.88. The largest absolute Gasteiger partial charge is 0.497 e. The van der Waals surface area contributed by atoms with Crippen molar-refractivity contribution in [1.82, 2.24) is 0 Å². The number of methoxy groups -OCH3 is 2. The van der Waals surface area contributed by atoms with Gasteiger partial charge >= 0.3 is 0 Å². The van der Waals surface area contributed by atoms with Crippen LogP contribution >= 0.6 is 11.8 Å². The Bertz CT molecular complexity index is 894. The van der Waals surface area contributed by atoms with Crippen LogP contribution in [0.1, 0.15) is 18.1 Å². The topological polar surface area (TPSA) is 63.5 Å². The van der Waals surface area contributed by atoms with Crippen molar-refractivity contribution in [3.05, 3.63) is 53.6 Å². The third-order valence-electron chi connectivity index (χ3n) is 4.11. The van der Waals surface area contributed by atoms with Crippen molar-refractivity contribution in [3.8, 4) is 11.5 Å². The van der Waals surface area contributed by atoms with Gasteiger partial charge < -0.3 is 9.47 Å². The van der Waals surface area contributed by atoms with Gasteiger partial charge in [0.2, 0.25) is 5.91 Å². The fourth-order valence-corrected chi connectivity index (χ4v) is 3.52. The smallest absolute Gasteiger partial charge is 0.246 e. The molecule has 1 aliphatic heterocycles. The van der Waals surface area contributed by atoms with Crippen molar-refractivity contribution in [2.75, 3.05) is 19.1 Å². The molecule has 0 unspecified atom stereocenters. The first-order valence-electron chi connectivity index (χ1n) is 8.44. The third kappa shape index (κ3) is 4.14. The Hall–Kier alpha value is -2.80. The number of nitrogens with zero attached hydrogens (tertiary/aromatic N) is 3. The summed E-state index contributed by atoms with van der Waals surface area (Å²) in [5.74, 6) is 1.34. The normalized spacial score (nSPS) is 18.5. The molecule has 27 heavy (non-hydrogen) atoms. The summed E-state index contributed by atoms with van der Waals surface area (Å²) in [6.07, 6.45) is 1.60. The Balaban J connectivity index is 1.87. The molecule has 0 aromatic heterocycles. The van der Waals surface area contributed by atoms with Gasteiger partial charge in [-0.05, 0) is 38.1 Å². The SMILES string of the molecule is COc1ccc(/C=N\N=C2\S[C@H](C)C(=O)N2c2ccc(C)cc2)c(OC)c1. The number of carbonyl (C=O) groups excluding carboxylic acids is 1. The maximum atomic E-state index is 12.5. The highest BCUT2D eigenvalue weighted by Crippen LogP contribution is 2.32. The average molecular weight is 383 g/mol. The lowest BCUT2D eigenvalue weighted by molar-refractivity contribution is -0.116. The standard InChI is InChI=1S/C20H21N3O3S/c1-13-5-8-16(9-6-13)23-19(24)14(2)27-20(23)22-21-12-15-7-10-17(25-3)11-18(15)26-4/h5-12,14H,1-4H3/b21-12-,22-20+/t14-/m1/s1. The Morgan fingerprint density at radius 1 is 1.11 bits per heavy atom. The van der Waals surface area contributed by atoms with E-state index in [2.05, 4.69) is 10.2 Å². The van der Waals surface area contributed by atoms with Crippen LogP contribution < -0.4 is 14.4 Å². The van der Waals surface area contributed by atoms with Gasteiger partial charge in [-0.3, -0.25) is 9.69 Å². The maximum absolute atomic E-state index is 12.5. The first-order chi connectivity index (χ1) is 13.0. The summed E-state index contributed by atoms with van der Waals surface area (Å²) in [7, 11) is 3.19. The monoisotopic (exact) mass is 383 g/mol. The molecule has 1 fully saturated rings. The Labute approximate surface area is 162 Å². The van der Waals surface area contributed by atoms with Gasteiger partial charge in [-0.25, -0.2) is 0 Å². The molecule has 0 spiro atoms. The van der Waals surface area contributed by atoms with Crippen molar-refractivity contribution in [2.24, 2.45) is 10.2 Å². The van der Waals surface area contributed by atoms with Crippen molar-refractivity contribution < 1.29 is 14.3 Å². The molecule has 2 aromatic rings. The van der Waals surface area contributed by atoms with Crippen LogP contribution in [-0.2, 0) is 4.79 Å². The number of thioether (sulfide) groups is 1. The molecule has 6 nitrogen and oxygen atoms in total. The fraction of sp³-hybridized carbons (Fsp3) is 0.250. The van der Waals surface area contributed by atoms with Gasteiger partial charge in [0.05, 0.1) is 31.4 Å². The van der Waals surface area contributed by atoms with Gasteiger partial charge in [-0.1, -0.05) is 29.5 Å². The van der Waals surface area contributed by atoms with E-state index in [1.807, 2.05) is 50.2 Å². The lowest BCUT2D eigenvalue weighted by Crippen LogP contribution is -2.31. The molecule has 3 rings (SSSR count). The van der Waals surface area contributed by atoms with E-state index in [4.69, 9.17) is 9.47 Å². The molecule has 0 aliphatic carbocycles. The van der Waals surface area contributed by atoms with Crippen LogP contribution in [0.2, 0.25) is 0 Å². The van der Waals surface area contributed by atoms with Crippen molar-refractivity contribution in [3.63, 3.8) is 0 Å². The Kier molecular flexibility index (Phi) is 5.81. The second-order valence-corrected chi connectivity index (χ2v) is 7.31. The average Bonchev–Trinajstić information content (AvgIpc) is 2.96. The van der Waals surface area contributed by atoms with Crippen LogP contribution in [0.25, 0.3) is 0 Å². The van der Waals surface area contributed by atoms with Gasteiger partial charge in [0.15, 0.2) is 5.17 Å². The second kappa shape index (κ2) is 8.26. The van der Waals surface area contributed by atoms with Gasteiger partial charge in [0.1, 0.15) is 11.5 Å². The van der Waals surface area contributed by atoms with Crippen LogP contribution in [0.4, 0.5) is 5.69 Å². The predicted octanol–water partition coefficient (Wildman–Crippen LogP) is 3.87. The number of benzene rings is 2. The van der Waals surface area contributed by atoms with Crippen LogP contribution in [0.5, 0.6) is 11.5 Å². The van der Waals surface area contributed by atoms with E-state index >= 15 is 0 Å². The highest BCUT2D eigenvalue weighted by molar-refractivity contribution is 8.16. The van der Waals surface area contributed by atoms with Gasteiger partial charge in [-0.2, -0.15) is 5.10 Å². The number of amides is 1. The minimum atomic E-state index is -0.198. The zero-order valence-corrected chi connectivity index (χ0v) is 16.5. The highest BCUT2D eigenvalue weighted by Gasteiger charge is 2.36. The lowest BCUT2D eigenvalue weighted by atomic mass is 10.2. The number of ether oxygens (including phenoxy) is 2. The quantitative estimate of drug-likeness (QED) is 0.581. The molecule has 7 heteroatoms. The van der Waals surface area contributed by atoms with E-state index in [0.717, 1.165) is 16.8 Å². The minimum Gasteiger partial charge on any atom is -0.497 e. The molecule has 0 saturated carbocycles. The van der Waals surface area contributed by atoms with E-state index in [1.165, 1.54) is 11.8 Å². The number of anilines is 1. The van der Waals surface area contributed by atoms with Gasteiger partial charge in [-0.15, -0.1) is 5.10 Å². The second-order valence-electron chi connectivity index (χ2n) is 6.00. The Morgan fingerprint density at radius 2 is 1.85 bits per heavy atom. The number of hydrogen-bond acceptors (Lipinski definition) is 6. The maximum Gasteiger partial charge on any atom is 0.246 e. The number of rotatable bonds is 5. The third-order valence-corrected chi connectivity index (χ3v) is 5.14. The molecule has 1 atom stereocenters. The molecule has 0 radical (unpaired) electrons. The van der Waals surface area contributed by atoms with E-state index in [1.54, 1.807) is 31.4 Å². The van der Waals surface area contributed by atoms with E-state index in [-0.39, 0.29) is 11.2 Å². The summed E-state index contributed by atoms with van der Waals surface area (Å²) >= 11 is 1.39. The molecular formula is C20H21N3O3S. The highest BCUT2D eigenvalue weighted by atomic mass is 32.2. The first kappa shape index (κ1) is 19.0. The molecule has 140 valence electrons. The molecule has 0 bridgehead atoms. The molecule has 1 saturated heterocycles. The van der Waals surface area contributed by atoms with Gasteiger partial charge in [0.25, 0.3) is 0 Å². The summed E-state index contributed by atoms with van der Waals surface area (Å²) in [5.41, 5.74) is 2.69. The van der Waals surface area contributed by atoms with Crippen LogP contribution in [0, 0.1) is 6.92 Å². The zero-order chi connectivity index (χ0) is 19.4. The van der Waals surface area contributed by atoms with Crippen LogP contribution in [0.15, 0.2) is 52.7 Å². The number of hydrogen-bond donors (Lipinski definition) is 0. The Morgan fingerprint density at radius 3 is 2.52 bits per heavy atom. The fourth-order valence-electron chi connectivity index (χ4n) is 2.60. The van der Waals surface area contributed by atoms with Crippen molar-refractivity contribution in [2.45, 2.75) is 19.1 Å². The molecule has 1 aliphatic rings.